The summed E-state index contributed by atoms with van der Waals surface area (Å²) in [5.41, 5.74) is 1.53. The molecule has 0 fully saturated rings. The van der Waals surface area contributed by atoms with Gasteiger partial charge < -0.3 is 20.1 Å². The summed E-state index contributed by atoms with van der Waals surface area (Å²) in [7, 11) is 2.86. The van der Waals surface area contributed by atoms with Crippen LogP contribution in [0.15, 0.2) is 32.3 Å². The number of hydrogen-bond donors (Lipinski definition) is 2. The minimum absolute atomic E-state index is 0.353. The number of esters is 1. The highest BCUT2D eigenvalue weighted by Gasteiger charge is 2.32. The van der Waals surface area contributed by atoms with Gasteiger partial charge >= 0.3 is 12.0 Å². The molecule has 1 aliphatic rings. The number of hydrogen-bond acceptors (Lipinski definition) is 4. The molecule has 22 heavy (non-hydrogen) atoms. The molecule has 118 valence electrons. The fourth-order valence-electron chi connectivity index (χ4n) is 2.27. The van der Waals surface area contributed by atoms with Crippen LogP contribution < -0.4 is 15.4 Å². The lowest BCUT2D eigenvalue weighted by molar-refractivity contribution is -0.136. The van der Waals surface area contributed by atoms with Gasteiger partial charge in [0, 0.05) is 5.70 Å². The van der Waals surface area contributed by atoms with Gasteiger partial charge in [0.1, 0.15) is 5.75 Å². The van der Waals surface area contributed by atoms with Crippen LogP contribution in [-0.4, -0.2) is 26.2 Å². The zero-order valence-electron chi connectivity index (χ0n) is 12.1. The van der Waals surface area contributed by atoms with Crippen LogP contribution in [0.3, 0.4) is 0 Å². The lowest BCUT2D eigenvalue weighted by Crippen LogP contribution is -2.45. The van der Waals surface area contributed by atoms with Crippen LogP contribution >= 0.6 is 31.9 Å². The molecule has 1 aromatic carbocycles. The summed E-state index contributed by atoms with van der Waals surface area (Å²) in [4.78, 5) is 23.8. The van der Waals surface area contributed by atoms with Crippen molar-refractivity contribution >= 4 is 43.9 Å². The number of amides is 2. The maximum atomic E-state index is 12.0. The molecule has 1 atom stereocenters. The number of ether oxygens (including phenoxy) is 2. The van der Waals surface area contributed by atoms with Gasteiger partial charge in [0.05, 0.1) is 34.8 Å². The Labute approximate surface area is 144 Å². The number of carbonyl (C=O) groups excluding carboxylic acids is 2. The van der Waals surface area contributed by atoms with Gasteiger partial charge in [-0.2, -0.15) is 0 Å². The Bertz CT molecular complexity index is 650. The van der Waals surface area contributed by atoms with Crippen molar-refractivity contribution in [1.29, 1.82) is 0 Å². The second kappa shape index (κ2) is 6.70. The first-order chi connectivity index (χ1) is 10.4. The third-order valence-corrected chi connectivity index (χ3v) is 4.41. The Hall–Kier alpha value is -1.54. The van der Waals surface area contributed by atoms with E-state index in [1.54, 1.807) is 26.2 Å². The van der Waals surface area contributed by atoms with E-state index in [9.17, 15) is 9.59 Å². The molecule has 0 spiro atoms. The lowest BCUT2D eigenvalue weighted by Gasteiger charge is -2.28. The second-order valence-corrected chi connectivity index (χ2v) is 6.29. The average molecular weight is 434 g/mol. The van der Waals surface area contributed by atoms with E-state index in [4.69, 9.17) is 9.47 Å². The van der Waals surface area contributed by atoms with Crippen molar-refractivity contribution in [2.75, 3.05) is 14.2 Å². The van der Waals surface area contributed by atoms with Gasteiger partial charge in [0.25, 0.3) is 0 Å². The number of benzene rings is 1. The molecule has 1 heterocycles. The minimum atomic E-state index is -0.611. The average Bonchev–Trinajstić information content (AvgIpc) is 2.45. The van der Waals surface area contributed by atoms with E-state index in [1.165, 1.54) is 7.11 Å². The predicted molar refractivity (Wildman–Crippen MR) is 87.5 cm³/mol. The topological polar surface area (TPSA) is 76.7 Å². The fraction of sp³-hybridized carbons (Fsp3) is 0.286. The van der Waals surface area contributed by atoms with Crippen molar-refractivity contribution in [2.45, 2.75) is 13.0 Å². The lowest BCUT2D eigenvalue weighted by atomic mass is 9.95. The second-order valence-electron chi connectivity index (χ2n) is 4.58. The molecule has 0 saturated carbocycles. The van der Waals surface area contributed by atoms with Crippen molar-refractivity contribution in [1.82, 2.24) is 10.6 Å². The third kappa shape index (κ3) is 3.12. The first-order valence-corrected chi connectivity index (χ1v) is 7.87. The van der Waals surface area contributed by atoms with Crippen molar-refractivity contribution in [3.63, 3.8) is 0 Å². The van der Waals surface area contributed by atoms with Crippen LogP contribution in [0.5, 0.6) is 5.75 Å². The van der Waals surface area contributed by atoms with Crippen LogP contribution in [-0.2, 0) is 9.53 Å². The Balaban J connectivity index is 2.56. The molecular formula is C14H14Br2N2O4. The van der Waals surface area contributed by atoms with E-state index in [0.29, 0.717) is 31.5 Å². The molecule has 2 N–H and O–H groups in total. The van der Waals surface area contributed by atoms with Crippen LogP contribution in [0.4, 0.5) is 4.79 Å². The molecule has 1 unspecified atom stereocenters. The first kappa shape index (κ1) is 16.8. The monoisotopic (exact) mass is 432 g/mol. The van der Waals surface area contributed by atoms with Crippen LogP contribution in [0.25, 0.3) is 0 Å². The zero-order valence-corrected chi connectivity index (χ0v) is 15.3. The van der Waals surface area contributed by atoms with Gasteiger partial charge in [-0.15, -0.1) is 0 Å². The molecule has 0 aliphatic carbocycles. The molecule has 6 nitrogen and oxygen atoms in total. The van der Waals surface area contributed by atoms with E-state index in [1.807, 2.05) is 0 Å². The first-order valence-electron chi connectivity index (χ1n) is 6.28. The van der Waals surface area contributed by atoms with Crippen molar-refractivity contribution < 1.29 is 19.1 Å². The predicted octanol–water partition coefficient (Wildman–Crippen LogP) is 3.02. The summed E-state index contributed by atoms with van der Waals surface area (Å²) >= 11 is 6.83. The highest BCUT2D eigenvalue weighted by atomic mass is 79.9. The summed E-state index contributed by atoms with van der Waals surface area (Å²) in [6.45, 7) is 1.66. The molecule has 8 heteroatoms. The Kier molecular flexibility index (Phi) is 5.12. The van der Waals surface area contributed by atoms with E-state index in [-0.39, 0.29) is 6.03 Å². The molecule has 1 aromatic rings. The molecule has 1 aliphatic heterocycles. The minimum Gasteiger partial charge on any atom is -0.494 e. The Morgan fingerprint density at radius 3 is 2.32 bits per heavy atom. The SMILES string of the molecule is COC(=O)C1=C(C)NC(=O)NC1c1cc(Br)c(OC)c(Br)c1. The van der Waals surface area contributed by atoms with E-state index in [0.717, 1.165) is 0 Å². The van der Waals surface area contributed by atoms with E-state index in [2.05, 4.69) is 42.5 Å². The molecule has 0 saturated heterocycles. The highest BCUT2D eigenvalue weighted by Crippen LogP contribution is 2.38. The standard InChI is InChI=1S/C14H14Br2N2O4/c1-6-10(13(19)22-3)11(18-14(20)17-6)7-4-8(15)12(21-2)9(16)5-7/h4-5,11H,1-3H3,(H2,17,18,20). The van der Waals surface area contributed by atoms with E-state index < -0.39 is 12.0 Å². The number of nitrogens with one attached hydrogen (secondary N) is 2. The molecule has 2 amide bonds. The molecule has 0 bridgehead atoms. The van der Waals surface area contributed by atoms with Gasteiger partial charge in [0.15, 0.2) is 0 Å². The van der Waals surface area contributed by atoms with Gasteiger partial charge in [-0.05, 0) is 56.5 Å². The van der Waals surface area contributed by atoms with Crippen molar-refractivity contribution in [3.05, 3.63) is 37.9 Å². The molecule has 2 rings (SSSR count). The molecular weight excluding hydrogens is 420 g/mol. The number of halogens is 2. The summed E-state index contributed by atoms with van der Waals surface area (Å²) < 4.78 is 11.5. The van der Waals surface area contributed by atoms with Gasteiger partial charge in [0.2, 0.25) is 0 Å². The van der Waals surface area contributed by atoms with E-state index >= 15 is 0 Å². The van der Waals surface area contributed by atoms with Gasteiger partial charge in [-0.1, -0.05) is 0 Å². The molecule has 0 radical (unpaired) electrons. The summed E-state index contributed by atoms with van der Waals surface area (Å²) in [5.74, 6) is 0.127. The smallest absolute Gasteiger partial charge is 0.337 e. The maximum absolute atomic E-state index is 12.0. The number of allylic oxidation sites excluding steroid dienone is 1. The quantitative estimate of drug-likeness (QED) is 0.718. The third-order valence-electron chi connectivity index (χ3n) is 3.23. The summed E-state index contributed by atoms with van der Waals surface area (Å²) in [5, 5.41) is 5.31. The molecule has 0 aromatic heterocycles. The Morgan fingerprint density at radius 2 is 1.82 bits per heavy atom. The van der Waals surface area contributed by atoms with Crippen LogP contribution in [0.2, 0.25) is 0 Å². The maximum Gasteiger partial charge on any atom is 0.337 e. The zero-order chi connectivity index (χ0) is 16.4. The Morgan fingerprint density at radius 1 is 1.23 bits per heavy atom. The number of urea groups is 1. The summed E-state index contributed by atoms with van der Waals surface area (Å²) in [6.07, 6.45) is 0. The number of carbonyl (C=O) groups is 2. The number of rotatable bonds is 3. The van der Waals surface area contributed by atoms with Crippen molar-refractivity contribution in [2.24, 2.45) is 0 Å². The largest absolute Gasteiger partial charge is 0.494 e. The number of methoxy groups -OCH3 is 2. The van der Waals surface area contributed by atoms with Gasteiger partial charge in [-0.25, -0.2) is 9.59 Å². The highest BCUT2D eigenvalue weighted by molar-refractivity contribution is 9.11. The van der Waals surface area contributed by atoms with Crippen LogP contribution in [0.1, 0.15) is 18.5 Å². The van der Waals surface area contributed by atoms with Gasteiger partial charge in [-0.3, -0.25) is 0 Å². The van der Waals surface area contributed by atoms with Crippen LogP contribution in [0, 0.1) is 0 Å². The normalized spacial score (nSPS) is 17.7. The fourth-order valence-corrected chi connectivity index (χ4v) is 3.81. The van der Waals surface area contributed by atoms with Crippen molar-refractivity contribution in [3.8, 4) is 5.75 Å². The summed E-state index contributed by atoms with van der Waals surface area (Å²) in [6, 6.07) is 2.59.